The average molecular weight is 291 g/mol. The van der Waals surface area contributed by atoms with Gasteiger partial charge in [0.1, 0.15) is 0 Å². The molecular weight excluding hydrogens is 270 g/mol. The van der Waals surface area contributed by atoms with E-state index in [9.17, 15) is 4.79 Å². The summed E-state index contributed by atoms with van der Waals surface area (Å²) in [4.78, 5) is 14.3. The number of benzene rings is 2. The molecule has 2 aromatic carbocycles. The summed E-state index contributed by atoms with van der Waals surface area (Å²) in [6, 6.07) is 20.7. The first-order valence-corrected chi connectivity index (χ1v) is 7.85. The first-order valence-electron chi connectivity index (χ1n) is 7.85. The van der Waals surface area contributed by atoms with Crippen LogP contribution in [0.4, 0.5) is 0 Å². The maximum Gasteiger partial charge on any atom is 0.227 e. The normalized spacial score (nSPS) is 18.0. The lowest BCUT2D eigenvalue weighted by Gasteiger charge is -2.26. The predicted molar refractivity (Wildman–Crippen MR) is 89.2 cm³/mol. The lowest BCUT2D eigenvalue weighted by molar-refractivity contribution is -0.128. The Balaban J connectivity index is 1.80. The van der Waals surface area contributed by atoms with E-state index in [1.54, 1.807) is 0 Å². The van der Waals surface area contributed by atoms with Crippen molar-refractivity contribution in [3.63, 3.8) is 0 Å². The highest BCUT2D eigenvalue weighted by Crippen LogP contribution is 2.32. The van der Waals surface area contributed by atoms with Gasteiger partial charge in [0.15, 0.2) is 0 Å². The van der Waals surface area contributed by atoms with Crippen LogP contribution in [0.5, 0.6) is 0 Å². The Morgan fingerprint density at radius 2 is 1.64 bits per heavy atom. The molecule has 22 heavy (non-hydrogen) atoms. The Labute approximate surface area is 132 Å². The molecule has 0 unspecified atom stereocenters. The molecule has 3 rings (SSSR count). The molecule has 0 spiro atoms. The molecule has 0 aliphatic carbocycles. The van der Waals surface area contributed by atoms with Crippen molar-refractivity contribution in [1.82, 2.24) is 4.90 Å². The Morgan fingerprint density at radius 1 is 1.00 bits per heavy atom. The maximum absolute atomic E-state index is 12.3. The smallest absolute Gasteiger partial charge is 0.227 e. The number of hydrogen-bond donors (Lipinski definition) is 0. The molecule has 1 amide bonds. The quantitative estimate of drug-likeness (QED) is 0.812. The van der Waals surface area contributed by atoms with Gasteiger partial charge < -0.3 is 4.90 Å². The summed E-state index contributed by atoms with van der Waals surface area (Å²) in [5, 5.41) is 0. The molecule has 2 aromatic rings. The van der Waals surface area contributed by atoms with Gasteiger partial charge in [-0.1, -0.05) is 66.7 Å². The molecule has 1 aliphatic heterocycles. The standard InChI is InChI=1S/C20H21NO/c1-16(18-10-6-3-7-11-18)21-19(14-15-20(21)22)13-12-17-8-4-2-5-9-17/h2-11,13,16H,12,14-15H2,1H3/b19-13+/t16-/m1/s1. The third-order valence-corrected chi connectivity index (χ3v) is 4.26. The van der Waals surface area contributed by atoms with E-state index in [1.165, 1.54) is 11.1 Å². The molecule has 1 fully saturated rings. The minimum absolute atomic E-state index is 0.0956. The van der Waals surface area contributed by atoms with Crippen LogP contribution in [0.25, 0.3) is 0 Å². The summed E-state index contributed by atoms with van der Waals surface area (Å²) >= 11 is 0. The molecule has 1 atom stereocenters. The fourth-order valence-corrected chi connectivity index (χ4v) is 3.03. The van der Waals surface area contributed by atoms with Gasteiger partial charge in [0, 0.05) is 12.1 Å². The van der Waals surface area contributed by atoms with Crippen LogP contribution >= 0.6 is 0 Å². The predicted octanol–water partition coefficient (Wildman–Crippen LogP) is 4.50. The summed E-state index contributed by atoms with van der Waals surface area (Å²) in [5.41, 5.74) is 3.62. The zero-order chi connectivity index (χ0) is 15.4. The van der Waals surface area contributed by atoms with E-state index >= 15 is 0 Å². The van der Waals surface area contributed by atoms with Gasteiger partial charge in [0.25, 0.3) is 0 Å². The molecule has 2 heteroatoms. The molecule has 0 saturated carbocycles. The van der Waals surface area contributed by atoms with Crippen molar-refractivity contribution in [3.05, 3.63) is 83.6 Å². The minimum atomic E-state index is 0.0956. The monoisotopic (exact) mass is 291 g/mol. The summed E-state index contributed by atoms with van der Waals surface area (Å²) in [6.45, 7) is 2.11. The Kier molecular flexibility index (Phi) is 4.38. The second-order valence-electron chi connectivity index (χ2n) is 5.74. The highest BCUT2D eigenvalue weighted by Gasteiger charge is 2.30. The van der Waals surface area contributed by atoms with Gasteiger partial charge >= 0.3 is 0 Å². The van der Waals surface area contributed by atoms with Crippen LogP contribution in [-0.4, -0.2) is 10.8 Å². The van der Waals surface area contributed by atoms with Crippen LogP contribution in [0.3, 0.4) is 0 Å². The summed E-state index contributed by atoms with van der Waals surface area (Å²) in [7, 11) is 0. The van der Waals surface area contributed by atoms with E-state index in [4.69, 9.17) is 0 Å². The first-order chi connectivity index (χ1) is 10.8. The van der Waals surface area contributed by atoms with Crippen molar-refractivity contribution in [2.45, 2.75) is 32.2 Å². The number of likely N-dealkylation sites (tertiary alicyclic amines) is 1. The van der Waals surface area contributed by atoms with Crippen molar-refractivity contribution in [2.24, 2.45) is 0 Å². The lowest BCUT2D eigenvalue weighted by Crippen LogP contribution is -2.26. The van der Waals surface area contributed by atoms with Gasteiger partial charge in [-0.15, -0.1) is 0 Å². The van der Waals surface area contributed by atoms with Gasteiger partial charge in [-0.25, -0.2) is 0 Å². The Bertz CT molecular complexity index is 661. The van der Waals surface area contributed by atoms with Crippen LogP contribution in [0, 0.1) is 0 Å². The van der Waals surface area contributed by atoms with E-state index in [-0.39, 0.29) is 11.9 Å². The maximum atomic E-state index is 12.3. The van der Waals surface area contributed by atoms with Gasteiger partial charge in [-0.05, 0) is 30.9 Å². The lowest BCUT2D eigenvalue weighted by atomic mass is 10.1. The van der Waals surface area contributed by atoms with Crippen LogP contribution in [0.2, 0.25) is 0 Å². The second kappa shape index (κ2) is 6.61. The Morgan fingerprint density at radius 3 is 2.32 bits per heavy atom. The second-order valence-corrected chi connectivity index (χ2v) is 5.74. The fraction of sp³-hybridized carbons (Fsp3) is 0.250. The van der Waals surface area contributed by atoms with Crippen molar-refractivity contribution >= 4 is 5.91 Å². The van der Waals surface area contributed by atoms with Gasteiger partial charge in [0.05, 0.1) is 6.04 Å². The molecule has 1 saturated heterocycles. The Hall–Kier alpha value is -2.35. The SMILES string of the molecule is C[C@H](c1ccccc1)N1C(=O)CC/C1=C\Cc1ccccc1. The number of rotatable bonds is 4. The number of allylic oxidation sites excluding steroid dienone is 2. The number of carbonyl (C=O) groups is 1. The molecule has 0 bridgehead atoms. The van der Waals surface area contributed by atoms with Gasteiger partial charge in [-0.2, -0.15) is 0 Å². The van der Waals surface area contributed by atoms with Crippen LogP contribution < -0.4 is 0 Å². The molecule has 0 aromatic heterocycles. The number of nitrogens with zero attached hydrogens (tertiary/aromatic N) is 1. The zero-order valence-electron chi connectivity index (χ0n) is 12.9. The molecule has 112 valence electrons. The van der Waals surface area contributed by atoms with E-state index in [0.717, 1.165) is 18.5 Å². The number of carbonyl (C=O) groups excluding carboxylic acids is 1. The average Bonchev–Trinajstić information content (AvgIpc) is 2.95. The largest absolute Gasteiger partial charge is 0.309 e. The van der Waals surface area contributed by atoms with E-state index < -0.39 is 0 Å². The van der Waals surface area contributed by atoms with Crippen LogP contribution in [0.15, 0.2) is 72.4 Å². The summed E-state index contributed by atoms with van der Waals surface area (Å²) < 4.78 is 0. The van der Waals surface area contributed by atoms with Crippen molar-refractivity contribution < 1.29 is 4.79 Å². The first kappa shape index (κ1) is 14.6. The zero-order valence-corrected chi connectivity index (χ0v) is 12.9. The number of hydrogen-bond acceptors (Lipinski definition) is 1. The van der Waals surface area contributed by atoms with E-state index in [2.05, 4.69) is 49.4 Å². The molecule has 0 radical (unpaired) electrons. The number of amides is 1. The summed E-state index contributed by atoms with van der Waals surface area (Å²) in [5.74, 6) is 0.232. The third kappa shape index (κ3) is 3.11. The van der Waals surface area contributed by atoms with E-state index in [1.807, 2.05) is 29.2 Å². The summed E-state index contributed by atoms with van der Waals surface area (Å²) in [6.07, 6.45) is 4.56. The van der Waals surface area contributed by atoms with E-state index in [0.29, 0.717) is 6.42 Å². The van der Waals surface area contributed by atoms with Crippen LogP contribution in [0.1, 0.15) is 36.9 Å². The highest BCUT2D eigenvalue weighted by molar-refractivity contribution is 5.81. The molecule has 1 aliphatic rings. The highest BCUT2D eigenvalue weighted by atomic mass is 16.2. The molecule has 0 N–H and O–H groups in total. The molecular formula is C20H21NO. The van der Waals surface area contributed by atoms with Crippen LogP contribution in [-0.2, 0) is 11.2 Å². The third-order valence-electron chi connectivity index (χ3n) is 4.26. The van der Waals surface area contributed by atoms with Crippen molar-refractivity contribution in [2.75, 3.05) is 0 Å². The molecule has 1 heterocycles. The van der Waals surface area contributed by atoms with Gasteiger partial charge in [-0.3, -0.25) is 4.79 Å². The topological polar surface area (TPSA) is 20.3 Å². The fourth-order valence-electron chi connectivity index (χ4n) is 3.03. The minimum Gasteiger partial charge on any atom is -0.309 e. The van der Waals surface area contributed by atoms with Gasteiger partial charge in [0.2, 0.25) is 5.91 Å². The van der Waals surface area contributed by atoms with Crippen molar-refractivity contribution in [1.29, 1.82) is 0 Å². The molecule has 2 nitrogen and oxygen atoms in total. The van der Waals surface area contributed by atoms with Crippen molar-refractivity contribution in [3.8, 4) is 0 Å².